The number of nitrogens with zero attached hydrogens (tertiary/aromatic N) is 5. The molecule has 2 aliphatic rings. The maximum Gasteiger partial charge on any atom is 0.246 e. The maximum atomic E-state index is 14.3. The molecule has 48 heavy (non-hydrogen) atoms. The van der Waals surface area contributed by atoms with Gasteiger partial charge in [-0.05, 0) is 17.2 Å². The Morgan fingerprint density at radius 2 is 1.65 bits per heavy atom. The van der Waals surface area contributed by atoms with Crippen LogP contribution in [0.4, 0.5) is 0 Å². The van der Waals surface area contributed by atoms with Crippen molar-refractivity contribution in [2.24, 2.45) is 0 Å². The molecule has 15 nitrogen and oxygen atoms in total. The van der Waals surface area contributed by atoms with Gasteiger partial charge in [0.1, 0.15) is 24.7 Å². The average molecular weight is 656 g/mol. The number of hydrogen-bond acceptors (Lipinski definition) is 8. The van der Waals surface area contributed by atoms with Crippen molar-refractivity contribution in [3.63, 3.8) is 0 Å². The predicted molar refractivity (Wildman–Crippen MR) is 172 cm³/mol. The number of H-pyrrole nitrogens is 1. The number of fused-ring (bicyclic) bond motifs is 2. The van der Waals surface area contributed by atoms with Crippen LogP contribution in [0.2, 0.25) is 0 Å². The highest BCUT2D eigenvalue weighted by atomic mass is 16.3. The largest absolute Gasteiger partial charge is 0.391 e. The molecule has 0 spiro atoms. The molecule has 4 heterocycles. The molecule has 2 aromatic heterocycles. The van der Waals surface area contributed by atoms with E-state index in [4.69, 9.17) is 0 Å². The van der Waals surface area contributed by atoms with Crippen LogP contribution in [-0.4, -0.2) is 115 Å². The second-order valence-corrected chi connectivity index (χ2v) is 12.0. The van der Waals surface area contributed by atoms with Gasteiger partial charge in [-0.1, -0.05) is 48.5 Å². The van der Waals surface area contributed by atoms with Crippen LogP contribution >= 0.6 is 0 Å². The van der Waals surface area contributed by atoms with Crippen LogP contribution in [-0.2, 0) is 43.4 Å². The standard InChI is InChI=1S/C33H37N9O6/c43-23-16-28-32(47)39-26(14-21-6-2-1-3-7-21)31(46)34-12-13-40(30(45)20-42-36-10-11-37-42)19-29(44)38-27(33(48)41(28)18-23)15-22-17-35-25-9-5-4-8-24(22)25/h1-11,17,23,26-28,35,43H,12-16,18-20H2,(H,34,46)(H,38,44)(H,39,47)/t23-,26+,27-,28+/m1/s1. The molecular weight excluding hydrogens is 618 g/mol. The fraction of sp³-hybridized carbons (Fsp3) is 0.364. The van der Waals surface area contributed by atoms with Crippen molar-refractivity contribution in [3.05, 3.63) is 84.3 Å². The molecule has 250 valence electrons. The molecule has 4 aromatic rings. The molecule has 6 rings (SSSR count). The van der Waals surface area contributed by atoms with Gasteiger partial charge in [-0.2, -0.15) is 15.0 Å². The molecule has 0 radical (unpaired) electrons. The molecular formula is C33H37N9O6. The number of benzene rings is 2. The third-order valence-corrected chi connectivity index (χ3v) is 8.62. The van der Waals surface area contributed by atoms with Gasteiger partial charge < -0.3 is 35.8 Å². The molecule has 0 bridgehead atoms. The van der Waals surface area contributed by atoms with Crippen molar-refractivity contribution < 1.29 is 29.1 Å². The second-order valence-electron chi connectivity index (χ2n) is 12.0. The fourth-order valence-corrected chi connectivity index (χ4v) is 6.24. The predicted octanol–water partition coefficient (Wildman–Crippen LogP) is -0.865. The van der Waals surface area contributed by atoms with Crippen LogP contribution in [0.15, 0.2) is 73.2 Å². The number of carbonyl (C=O) groups excluding carboxylic acids is 5. The van der Waals surface area contributed by atoms with E-state index in [-0.39, 0.29) is 45.4 Å². The highest BCUT2D eigenvalue weighted by Crippen LogP contribution is 2.23. The summed E-state index contributed by atoms with van der Waals surface area (Å²) in [5.41, 5.74) is 2.41. The van der Waals surface area contributed by atoms with Crippen LogP contribution in [0.3, 0.4) is 0 Å². The van der Waals surface area contributed by atoms with Gasteiger partial charge in [-0.15, -0.1) is 0 Å². The Balaban J connectivity index is 1.32. The molecule has 0 saturated carbocycles. The number of aromatic amines is 1. The van der Waals surface area contributed by atoms with Crippen molar-refractivity contribution in [1.29, 1.82) is 0 Å². The number of nitrogens with one attached hydrogen (secondary N) is 4. The number of rotatable bonds is 6. The van der Waals surface area contributed by atoms with E-state index in [0.717, 1.165) is 22.0 Å². The first kappa shape index (κ1) is 32.4. The normalized spacial score (nSPS) is 22.8. The summed E-state index contributed by atoms with van der Waals surface area (Å²) in [7, 11) is 0. The SMILES string of the molecule is O=C1CN(C(=O)Cn2nccn2)CCNC(=O)[C@H](Cc2ccccc2)NC(=O)[C@@H]2C[C@@H](O)CN2C(=O)[C@@H](Cc2c[nH]c3ccccc23)N1. The summed E-state index contributed by atoms with van der Waals surface area (Å²) in [6, 6.07) is 13.5. The fourth-order valence-electron chi connectivity index (χ4n) is 6.24. The van der Waals surface area contributed by atoms with Crippen molar-refractivity contribution >= 4 is 40.4 Å². The van der Waals surface area contributed by atoms with Gasteiger partial charge in [-0.25, -0.2) is 0 Å². The first-order valence-electron chi connectivity index (χ1n) is 15.8. The first-order valence-corrected chi connectivity index (χ1v) is 15.8. The topological polar surface area (TPSA) is 195 Å². The summed E-state index contributed by atoms with van der Waals surface area (Å²) < 4.78 is 0. The van der Waals surface area contributed by atoms with E-state index in [1.54, 1.807) is 6.20 Å². The number of carbonyl (C=O) groups is 5. The van der Waals surface area contributed by atoms with Crippen LogP contribution < -0.4 is 16.0 Å². The van der Waals surface area contributed by atoms with Crippen molar-refractivity contribution in [2.45, 2.75) is 50.0 Å². The lowest BCUT2D eigenvalue weighted by molar-refractivity contribution is -0.142. The summed E-state index contributed by atoms with van der Waals surface area (Å²) in [6.07, 6.45) is 3.84. The molecule has 15 heteroatoms. The summed E-state index contributed by atoms with van der Waals surface area (Å²) in [5.74, 6) is -2.74. The van der Waals surface area contributed by atoms with Gasteiger partial charge in [0.25, 0.3) is 0 Å². The van der Waals surface area contributed by atoms with E-state index in [1.807, 2.05) is 54.6 Å². The third-order valence-electron chi connectivity index (χ3n) is 8.62. The summed E-state index contributed by atoms with van der Waals surface area (Å²) >= 11 is 0. The van der Waals surface area contributed by atoms with Crippen LogP contribution in [0, 0.1) is 0 Å². The number of aliphatic hydroxyl groups excluding tert-OH is 1. The number of para-hydroxylation sites is 1. The van der Waals surface area contributed by atoms with Gasteiger partial charge in [-0.3, -0.25) is 24.0 Å². The maximum absolute atomic E-state index is 14.3. The quantitative estimate of drug-likeness (QED) is 0.177. The van der Waals surface area contributed by atoms with Crippen LogP contribution in [0.25, 0.3) is 10.9 Å². The molecule has 4 atom stereocenters. The highest BCUT2D eigenvalue weighted by Gasteiger charge is 2.43. The smallest absolute Gasteiger partial charge is 0.246 e. The molecule has 2 fully saturated rings. The zero-order valence-electron chi connectivity index (χ0n) is 26.1. The first-order chi connectivity index (χ1) is 23.2. The van der Waals surface area contributed by atoms with Crippen molar-refractivity contribution in [3.8, 4) is 0 Å². The van der Waals surface area contributed by atoms with E-state index in [2.05, 4.69) is 31.1 Å². The zero-order valence-corrected chi connectivity index (χ0v) is 26.1. The van der Waals surface area contributed by atoms with Gasteiger partial charge in [0.15, 0.2) is 0 Å². The molecule has 2 aromatic carbocycles. The van der Waals surface area contributed by atoms with Crippen LogP contribution in [0.5, 0.6) is 0 Å². The Kier molecular flexibility index (Phi) is 9.75. The lowest BCUT2D eigenvalue weighted by atomic mass is 10.0. The van der Waals surface area contributed by atoms with Gasteiger partial charge >= 0.3 is 0 Å². The molecule has 5 N–H and O–H groups in total. The minimum absolute atomic E-state index is 0.0164. The highest BCUT2D eigenvalue weighted by molar-refractivity contribution is 5.96. The lowest BCUT2D eigenvalue weighted by Gasteiger charge is -2.30. The van der Waals surface area contributed by atoms with Crippen molar-refractivity contribution in [1.82, 2.24) is 45.7 Å². The minimum atomic E-state index is -1.13. The Bertz CT molecular complexity index is 1780. The average Bonchev–Trinajstić information content (AvgIpc) is 3.84. The number of amides is 5. The Labute approximate surface area is 275 Å². The minimum Gasteiger partial charge on any atom is -0.391 e. The van der Waals surface area contributed by atoms with E-state index >= 15 is 0 Å². The van der Waals surface area contributed by atoms with E-state index < -0.39 is 60.3 Å². The molecule has 0 unspecified atom stereocenters. The van der Waals surface area contributed by atoms with E-state index in [9.17, 15) is 29.1 Å². The number of aliphatic hydroxyl groups is 1. The second kappa shape index (κ2) is 14.5. The monoisotopic (exact) mass is 655 g/mol. The van der Waals surface area contributed by atoms with E-state index in [0.29, 0.717) is 0 Å². The summed E-state index contributed by atoms with van der Waals surface area (Å²) in [6.45, 7) is -0.838. The van der Waals surface area contributed by atoms with E-state index in [1.165, 1.54) is 27.0 Å². The number of hydrogen-bond donors (Lipinski definition) is 5. The van der Waals surface area contributed by atoms with Gasteiger partial charge in [0.2, 0.25) is 29.5 Å². The zero-order chi connectivity index (χ0) is 33.6. The van der Waals surface area contributed by atoms with Crippen molar-refractivity contribution in [2.75, 3.05) is 26.2 Å². The summed E-state index contributed by atoms with van der Waals surface area (Å²) in [5, 5.41) is 27.8. The Hall–Kier alpha value is -5.57. The third kappa shape index (κ3) is 7.52. The van der Waals surface area contributed by atoms with Gasteiger partial charge in [0.05, 0.1) is 25.0 Å². The molecule has 0 aliphatic carbocycles. The lowest BCUT2D eigenvalue weighted by Crippen LogP contribution is -2.57. The van der Waals surface area contributed by atoms with Gasteiger partial charge in [0, 0.05) is 56.0 Å². The molecule has 5 amide bonds. The Morgan fingerprint density at radius 1 is 0.896 bits per heavy atom. The molecule has 2 saturated heterocycles. The Morgan fingerprint density at radius 3 is 2.44 bits per heavy atom. The van der Waals surface area contributed by atoms with Crippen LogP contribution in [0.1, 0.15) is 17.5 Å². The summed E-state index contributed by atoms with van der Waals surface area (Å²) in [4.78, 5) is 75.3. The number of aromatic nitrogens is 4. The molecule has 2 aliphatic heterocycles.